The number of benzene rings is 2. The van der Waals surface area contributed by atoms with Crippen LogP contribution in [0.1, 0.15) is 57.4 Å². The lowest BCUT2D eigenvalue weighted by atomic mass is 10.0. The Labute approximate surface area is 234 Å². The zero-order valence-corrected chi connectivity index (χ0v) is 23.7. The van der Waals surface area contributed by atoms with Gasteiger partial charge in [0.05, 0.1) is 15.7 Å². The average Bonchev–Trinajstić information content (AvgIpc) is 3.41. The van der Waals surface area contributed by atoms with E-state index >= 15 is 0 Å². The van der Waals surface area contributed by atoms with Crippen LogP contribution < -0.4 is 21.3 Å². The lowest BCUT2D eigenvalue weighted by molar-refractivity contribution is -0.121. The number of nitrogens with one attached hydrogen (secondary N) is 2. The molecule has 0 saturated carbocycles. The summed E-state index contributed by atoms with van der Waals surface area (Å²) < 4.78 is 1.10. The van der Waals surface area contributed by atoms with Gasteiger partial charge in [-0.2, -0.15) is 15.0 Å². The van der Waals surface area contributed by atoms with E-state index in [2.05, 4.69) is 62.8 Å². The number of primary amides is 1. The van der Waals surface area contributed by atoms with Gasteiger partial charge >= 0.3 is 0 Å². The first kappa shape index (κ1) is 28.2. The minimum atomic E-state index is -0.219. The summed E-state index contributed by atoms with van der Waals surface area (Å²) in [5, 5.41) is 6.78. The maximum absolute atomic E-state index is 11.2. The summed E-state index contributed by atoms with van der Waals surface area (Å²) in [6.45, 7) is 5.60. The molecule has 39 heavy (non-hydrogen) atoms. The van der Waals surface area contributed by atoms with Crippen LogP contribution in [0.15, 0.2) is 54.0 Å². The number of amides is 1. The number of carbonyl (C=O) groups is 1. The summed E-state index contributed by atoms with van der Waals surface area (Å²) in [5.41, 5.74) is 10.3. The van der Waals surface area contributed by atoms with Crippen molar-refractivity contribution in [3.05, 3.63) is 59.6 Å². The maximum Gasteiger partial charge on any atom is 0.233 e. The Bertz CT molecular complexity index is 1350. The zero-order valence-electron chi connectivity index (χ0n) is 22.9. The third-order valence-corrected chi connectivity index (χ3v) is 7.65. The summed E-state index contributed by atoms with van der Waals surface area (Å²) >= 11 is 1.60. The predicted octanol–water partition coefficient (Wildman–Crippen LogP) is 5.95. The highest BCUT2D eigenvalue weighted by molar-refractivity contribution is 7.16. The van der Waals surface area contributed by atoms with Gasteiger partial charge in [-0.1, -0.05) is 63.4 Å². The van der Waals surface area contributed by atoms with Gasteiger partial charge in [0.25, 0.3) is 0 Å². The van der Waals surface area contributed by atoms with Crippen molar-refractivity contribution in [3.8, 4) is 0 Å². The fourth-order valence-corrected chi connectivity index (χ4v) is 4.99. The lowest BCUT2D eigenvalue weighted by Gasteiger charge is -2.19. The van der Waals surface area contributed by atoms with Gasteiger partial charge in [0.1, 0.15) is 0 Å². The Morgan fingerprint density at radius 2 is 1.77 bits per heavy atom. The Morgan fingerprint density at radius 3 is 2.56 bits per heavy atom. The molecule has 2 atom stereocenters. The molecule has 0 aliphatic carbocycles. The third-order valence-electron chi connectivity index (χ3n) is 6.85. The average molecular weight is 547 g/mol. The largest absolute Gasteiger partial charge is 0.369 e. The van der Waals surface area contributed by atoms with Crippen molar-refractivity contribution in [2.75, 3.05) is 35.7 Å². The van der Waals surface area contributed by atoms with Crippen molar-refractivity contribution in [1.82, 2.24) is 19.9 Å². The summed E-state index contributed by atoms with van der Waals surface area (Å²) in [7, 11) is 2.01. The van der Waals surface area contributed by atoms with Gasteiger partial charge in [-0.15, -0.1) is 11.3 Å². The fourth-order valence-electron chi connectivity index (χ4n) is 4.27. The Balaban J connectivity index is 1.42. The SMILES string of the molecule is CC(CCCCCCN(C)c1nc(NCC(C)c2ccccc2)nc(Nc2ccc3ncsc3c2)n1)C(N)=O. The van der Waals surface area contributed by atoms with Crippen molar-refractivity contribution in [2.45, 2.75) is 51.9 Å². The standard InChI is InChI=1S/C29H38N8OS/c1-20(26(30)38)11-7-4-5-10-16-37(3)29-35-27(31-18-21(2)22-12-8-6-9-13-22)34-28(36-29)33-23-14-15-24-25(17-23)39-19-32-24/h6,8-9,12-15,17,19-21H,4-5,7,10-11,16,18H2,1-3H3,(H2,30,38)(H2,31,33,34,35,36). The van der Waals surface area contributed by atoms with Crippen LogP contribution in [-0.2, 0) is 4.79 Å². The second-order valence-corrected chi connectivity index (χ2v) is 10.9. The van der Waals surface area contributed by atoms with E-state index < -0.39 is 0 Å². The van der Waals surface area contributed by atoms with Crippen LogP contribution >= 0.6 is 11.3 Å². The van der Waals surface area contributed by atoms with Gasteiger partial charge in [0.2, 0.25) is 23.8 Å². The topological polar surface area (TPSA) is 122 Å². The van der Waals surface area contributed by atoms with Crippen LogP contribution in [0.25, 0.3) is 10.2 Å². The second-order valence-electron chi connectivity index (χ2n) is 10.1. The molecule has 9 nitrogen and oxygen atoms in total. The van der Waals surface area contributed by atoms with Crippen molar-refractivity contribution in [1.29, 1.82) is 0 Å². The number of anilines is 4. The molecule has 0 radical (unpaired) electrons. The van der Waals surface area contributed by atoms with Gasteiger partial charge in [0, 0.05) is 31.7 Å². The van der Waals surface area contributed by atoms with Crippen LogP contribution in [0, 0.1) is 5.92 Å². The number of carbonyl (C=O) groups excluding carboxylic acids is 1. The minimum absolute atomic E-state index is 0.0591. The molecule has 0 fully saturated rings. The molecule has 10 heteroatoms. The molecule has 0 aliphatic rings. The molecule has 4 N–H and O–H groups in total. The number of thiazole rings is 1. The molecule has 2 unspecified atom stereocenters. The van der Waals surface area contributed by atoms with Crippen molar-refractivity contribution in [2.24, 2.45) is 11.7 Å². The van der Waals surface area contributed by atoms with Crippen LogP contribution in [-0.4, -0.2) is 46.0 Å². The van der Waals surface area contributed by atoms with Gasteiger partial charge in [-0.05, 0) is 42.5 Å². The third kappa shape index (κ3) is 8.35. The molecule has 2 aromatic carbocycles. The number of fused-ring (bicyclic) bond motifs is 1. The van der Waals surface area contributed by atoms with E-state index in [9.17, 15) is 4.79 Å². The van der Waals surface area contributed by atoms with E-state index in [1.165, 1.54) is 5.56 Å². The highest BCUT2D eigenvalue weighted by Gasteiger charge is 2.13. The molecule has 0 aliphatic heterocycles. The Morgan fingerprint density at radius 1 is 1.00 bits per heavy atom. The minimum Gasteiger partial charge on any atom is -0.369 e. The van der Waals surface area contributed by atoms with Crippen LogP contribution in [0.3, 0.4) is 0 Å². The molecular formula is C29H38N8OS. The zero-order chi connectivity index (χ0) is 27.6. The number of hydrogen-bond donors (Lipinski definition) is 3. The first-order valence-corrected chi connectivity index (χ1v) is 14.4. The first-order chi connectivity index (χ1) is 18.9. The number of nitrogens with two attached hydrogens (primary N) is 1. The van der Waals surface area contributed by atoms with Crippen molar-refractivity contribution in [3.63, 3.8) is 0 Å². The van der Waals surface area contributed by atoms with Crippen molar-refractivity contribution >= 4 is 51.0 Å². The predicted molar refractivity (Wildman–Crippen MR) is 161 cm³/mol. The lowest BCUT2D eigenvalue weighted by Crippen LogP contribution is -2.23. The number of nitrogens with zero attached hydrogens (tertiary/aromatic N) is 5. The molecule has 206 valence electrons. The number of rotatable bonds is 15. The van der Waals surface area contributed by atoms with E-state index in [1.54, 1.807) is 11.3 Å². The van der Waals surface area contributed by atoms with E-state index in [1.807, 2.05) is 37.7 Å². The number of aromatic nitrogens is 4. The molecule has 0 spiro atoms. The second kappa shape index (κ2) is 13.8. The highest BCUT2D eigenvalue weighted by atomic mass is 32.1. The van der Waals surface area contributed by atoms with E-state index in [-0.39, 0.29) is 11.8 Å². The molecule has 4 rings (SSSR count). The summed E-state index contributed by atoms with van der Waals surface area (Å²) in [4.78, 5) is 31.8. The van der Waals surface area contributed by atoms with Crippen molar-refractivity contribution < 1.29 is 4.79 Å². The number of hydrogen-bond acceptors (Lipinski definition) is 9. The molecule has 2 aromatic heterocycles. The van der Waals surface area contributed by atoms with Gasteiger partial charge in [-0.25, -0.2) is 4.98 Å². The Hall–Kier alpha value is -3.79. The maximum atomic E-state index is 11.2. The monoisotopic (exact) mass is 546 g/mol. The molecule has 4 aromatic rings. The van der Waals surface area contributed by atoms with Gasteiger partial charge in [0.15, 0.2) is 0 Å². The van der Waals surface area contributed by atoms with Crippen LogP contribution in [0.5, 0.6) is 0 Å². The normalized spacial score (nSPS) is 12.7. The Kier molecular flexibility index (Phi) is 10.0. The smallest absolute Gasteiger partial charge is 0.233 e. The highest BCUT2D eigenvalue weighted by Crippen LogP contribution is 2.25. The van der Waals surface area contributed by atoms with Crippen LogP contribution in [0.4, 0.5) is 23.5 Å². The first-order valence-electron chi connectivity index (χ1n) is 13.5. The van der Waals surface area contributed by atoms with Gasteiger partial charge in [-0.3, -0.25) is 4.79 Å². The summed E-state index contributed by atoms with van der Waals surface area (Å²) in [5.74, 6) is 1.66. The summed E-state index contributed by atoms with van der Waals surface area (Å²) in [6, 6.07) is 16.5. The van der Waals surface area contributed by atoms with E-state index in [0.29, 0.717) is 30.3 Å². The van der Waals surface area contributed by atoms with Crippen LogP contribution in [0.2, 0.25) is 0 Å². The van der Waals surface area contributed by atoms with Gasteiger partial charge < -0.3 is 21.3 Å². The molecule has 0 saturated heterocycles. The fraction of sp³-hybridized carbons (Fsp3) is 0.414. The molecule has 2 heterocycles. The number of unbranched alkanes of at least 4 members (excludes halogenated alkanes) is 3. The molecule has 0 bridgehead atoms. The quantitative estimate of drug-likeness (QED) is 0.156. The molecular weight excluding hydrogens is 508 g/mol. The molecule has 1 amide bonds. The summed E-state index contributed by atoms with van der Waals surface area (Å²) in [6.07, 6.45) is 4.99. The van der Waals surface area contributed by atoms with E-state index in [0.717, 1.165) is 54.6 Å². The van der Waals surface area contributed by atoms with E-state index in [4.69, 9.17) is 15.7 Å².